The first-order valence-corrected chi connectivity index (χ1v) is 18.7. The van der Waals surface area contributed by atoms with E-state index in [4.69, 9.17) is 4.42 Å². The number of anilines is 3. The van der Waals surface area contributed by atoms with E-state index in [1.165, 1.54) is 42.4 Å². The summed E-state index contributed by atoms with van der Waals surface area (Å²) in [5, 5.41) is 4.90. The lowest BCUT2D eigenvalue weighted by Crippen LogP contribution is -2.09. The van der Waals surface area contributed by atoms with Crippen molar-refractivity contribution in [1.29, 1.82) is 0 Å². The Morgan fingerprint density at radius 1 is 0.434 bits per heavy atom. The van der Waals surface area contributed by atoms with Crippen molar-refractivity contribution >= 4 is 76.6 Å². The van der Waals surface area contributed by atoms with Crippen molar-refractivity contribution in [3.05, 3.63) is 194 Å². The summed E-state index contributed by atoms with van der Waals surface area (Å²) >= 11 is 1.87. The maximum Gasteiger partial charge on any atom is 0.143 e. The first-order valence-electron chi connectivity index (χ1n) is 17.9. The smallest absolute Gasteiger partial charge is 0.143 e. The zero-order valence-corrected chi connectivity index (χ0v) is 29.7. The van der Waals surface area contributed by atoms with Gasteiger partial charge in [-0.3, -0.25) is 0 Å². The lowest BCUT2D eigenvalue weighted by Gasteiger charge is -2.26. The Kier molecular flexibility index (Phi) is 7.52. The van der Waals surface area contributed by atoms with E-state index in [1.54, 1.807) is 0 Å². The molecule has 2 heterocycles. The van der Waals surface area contributed by atoms with E-state index in [0.717, 1.165) is 55.7 Å². The zero-order valence-electron chi connectivity index (χ0n) is 28.9. The number of hydrogen-bond donors (Lipinski definition) is 0. The van der Waals surface area contributed by atoms with Gasteiger partial charge in [0, 0.05) is 53.6 Å². The molecule has 53 heavy (non-hydrogen) atoms. The van der Waals surface area contributed by atoms with Crippen molar-refractivity contribution in [1.82, 2.24) is 0 Å². The number of benzene rings is 8. The fourth-order valence-corrected chi connectivity index (χ4v) is 8.83. The lowest BCUT2D eigenvalue weighted by molar-refractivity contribution is 0.670. The van der Waals surface area contributed by atoms with Gasteiger partial charge in [-0.2, -0.15) is 0 Å². The summed E-state index contributed by atoms with van der Waals surface area (Å²) in [6.45, 7) is 3.90. The first kappa shape index (κ1) is 31.1. The molecule has 0 aliphatic carbocycles. The molecule has 3 heteroatoms. The van der Waals surface area contributed by atoms with Gasteiger partial charge in [-0.05, 0) is 81.9 Å². The Morgan fingerprint density at radius 3 is 1.60 bits per heavy atom. The number of para-hydroxylation sites is 2. The monoisotopic (exact) mass is 695 g/mol. The molecule has 250 valence electrons. The van der Waals surface area contributed by atoms with Crippen LogP contribution in [0.15, 0.2) is 193 Å². The van der Waals surface area contributed by atoms with Gasteiger partial charge < -0.3 is 9.32 Å². The summed E-state index contributed by atoms with van der Waals surface area (Å²) in [6, 6.07) is 65.2. The molecule has 10 rings (SSSR count). The number of furan rings is 1. The SMILES string of the molecule is C=Cc1ccc(-c2ccc(N(c3ccc(-c4cccc5c4oc4ccccc45)cc3)c3ccc(-c4cccc5c4sc4ccccc45)cc3)cc2)cc1. The highest BCUT2D eigenvalue weighted by Gasteiger charge is 2.17. The van der Waals surface area contributed by atoms with E-state index in [9.17, 15) is 0 Å². The molecule has 0 aliphatic rings. The quantitative estimate of drug-likeness (QED) is 0.165. The van der Waals surface area contributed by atoms with Crippen LogP contribution in [0.3, 0.4) is 0 Å². The van der Waals surface area contributed by atoms with Crippen LogP contribution in [0.2, 0.25) is 0 Å². The Balaban J connectivity index is 1.05. The molecule has 0 unspecified atom stereocenters. The number of thiophene rings is 1. The van der Waals surface area contributed by atoms with Gasteiger partial charge in [0.1, 0.15) is 11.2 Å². The maximum absolute atomic E-state index is 6.39. The molecule has 0 amide bonds. The minimum absolute atomic E-state index is 0.907. The van der Waals surface area contributed by atoms with E-state index in [1.807, 2.05) is 29.5 Å². The fraction of sp³-hybridized carbons (Fsp3) is 0. The van der Waals surface area contributed by atoms with Crippen LogP contribution < -0.4 is 4.90 Å². The Morgan fingerprint density at radius 2 is 0.943 bits per heavy atom. The topological polar surface area (TPSA) is 16.4 Å². The highest BCUT2D eigenvalue weighted by atomic mass is 32.1. The number of rotatable bonds is 7. The van der Waals surface area contributed by atoms with Gasteiger partial charge in [-0.15, -0.1) is 11.3 Å². The van der Waals surface area contributed by atoms with Gasteiger partial charge in [-0.25, -0.2) is 0 Å². The molecule has 10 aromatic rings. The van der Waals surface area contributed by atoms with E-state index < -0.39 is 0 Å². The largest absolute Gasteiger partial charge is 0.455 e. The molecular formula is C50H33NOS. The Hall–Kier alpha value is -6.68. The number of nitrogens with zero attached hydrogens (tertiary/aromatic N) is 1. The lowest BCUT2D eigenvalue weighted by atomic mass is 10.0. The zero-order chi connectivity index (χ0) is 35.3. The predicted octanol–water partition coefficient (Wildman–Crippen LogP) is 15.1. The maximum atomic E-state index is 6.39. The van der Waals surface area contributed by atoms with E-state index in [-0.39, 0.29) is 0 Å². The van der Waals surface area contributed by atoms with Crippen molar-refractivity contribution < 1.29 is 4.42 Å². The van der Waals surface area contributed by atoms with Crippen molar-refractivity contribution in [3.63, 3.8) is 0 Å². The van der Waals surface area contributed by atoms with Crippen LogP contribution in [0.25, 0.3) is 81.6 Å². The second-order valence-corrected chi connectivity index (χ2v) is 14.4. The Labute approximate surface area is 312 Å². The molecule has 8 aromatic carbocycles. The molecule has 0 aliphatic heterocycles. The van der Waals surface area contributed by atoms with Gasteiger partial charge in [0.05, 0.1) is 0 Å². The van der Waals surface area contributed by atoms with Crippen LogP contribution in [-0.2, 0) is 0 Å². The van der Waals surface area contributed by atoms with Crippen molar-refractivity contribution in [2.45, 2.75) is 0 Å². The van der Waals surface area contributed by atoms with Crippen LogP contribution >= 0.6 is 11.3 Å². The van der Waals surface area contributed by atoms with E-state index >= 15 is 0 Å². The van der Waals surface area contributed by atoms with Crippen LogP contribution in [-0.4, -0.2) is 0 Å². The van der Waals surface area contributed by atoms with Crippen LogP contribution in [0.4, 0.5) is 17.1 Å². The number of hydrogen-bond acceptors (Lipinski definition) is 3. The fourth-order valence-electron chi connectivity index (χ4n) is 7.59. The molecular weight excluding hydrogens is 663 g/mol. The van der Waals surface area contributed by atoms with Gasteiger partial charge in [0.15, 0.2) is 0 Å². The predicted molar refractivity (Wildman–Crippen MR) is 228 cm³/mol. The molecule has 0 radical (unpaired) electrons. The molecule has 2 nitrogen and oxygen atoms in total. The molecule has 0 saturated heterocycles. The molecule has 0 fully saturated rings. The minimum Gasteiger partial charge on any atom is -0.455 e. The summed E-state index contributed by atoms with van der Waals surface area (Å²) in [7, 11) is 0. The van der Waals surface area contributed by atoms with E-state index in [2.05, 4.69) is 181 Å². The second-order valence-electron chi connectivity index (χ2n) is 13.4. The van der Waals surface area contributed by atoms with E-state index in [0.29, 0.717) is 0 Å². The van der Waals surface area contributed by atoms with Crippen LogP contribution in [0.5, 0.6) is 0 Å². The van der Waals surface area contributed by atoms with Crippen molar-refractivity contribution in [2.75, 3.05) is 4.90 Å². The van der Waals surface area contributed by atoms with Crippen LogP contribution in [0, 0.1) is 0 Å². The van der Waals surface area contributed by atoms with Gasteiger partial charge in [0.25, 0.3) is 0 Å². The molecule has 2 aromatic heterocycles. The highest BCUT2D eigenvalue weighted by molar-refractivity contribution is 7.26. The third kappa shape index (κ3) is 5.42. The molecule has 0 bridgehead atoms. The normalized spacial score (nSPS) is 11.5. The highest BCUT2D eigenvalue weighted by Crippen LogP contribution is 2.42. The molecule has 0 saturated carbocycles. The van der Waals surface area contributed by atoms with Gasteiger partial charge >= 0.3 is 0 Å². The van der Waals surface area contributed by atoms with Crippen LogP contribution in [0.1, 0.15) is 5.56 Å². The van der Waals surface area contributed by atoms with Gasteiger partial charge in [-0.1, -0.05) is 146 Å². The standard InChI is InChI=1S/C50H33NOS/c1-2-33-17-19-34(20-18-33)35-21-27-38(28-22-35)51(39-29-23-36(24-30-39)41-11-7-13-45-43-9-3-5-15-47(43)52-49(41)45)40-31-25-37(26-32-40)42-12-8-14-46-44-10-4-6-16-48(44)53-50(42)46/h2-32H,1H2. The minimum atomic E-state index is 0.907. The summed E-state index contributed by atoms with van der Waals surface area (Å²) in [5.74, 6) is 0. The summed E-state index contributed by atoms with van der Waals surface area (Å²) in [5.41, 5.74) is 13.2. The Bertz CT molecular complexity index is 2770. The second kappa shape index (κ2) is 12.8. The number of fused-ring (bicyclic) bond motifs is 6. The summed E-state index contributed by atoms with van der Waals surface area (Å²) < 4.78 is 9.03. The summed E-state index contributed by atoms with van der Waals surface area (Å²) in [6.07, 6.45) is 1.88. The molecule has 0 N–H and O–H groups in total. The van der Waals surface area contributed by atoms with Gasteiger partial charge in [0.2, 0.25) is 0 Å². The average Bonchev–Trinajstić information content (AvgIpc) is 3.81. The summed E-state index contributed by atoms with van der Waals surface area (Å²) in [4.78, 5) is 2.33. The molecule has 0 atom stereocenters. The molecule has 0 spiro atoms. The van der Waals surface area contributed by atoms with Crippen molar-refractivity contribution in [2.24, 2.45) is 0 Å². The average molecular weight is 696 g/mol. The third-order valence-electron chi connectivity index (χ3n) is 10.3. The first-order chi connectivity index (χ1) is 26.2. The third-order valence-corrected chi connectivity index (χ3v) is 11.5. The van der Waals surface area contributed by atoms with Crippen molar-refractivity contribution in [3.8, 4) is 33.4 Å².